The molecule has 1 fully saturated rings. The quantitative estimate of drug-likeness (QED) is 0.844. The highest BCUT2D eigenvalue weighted by Crippen LogP contribution is 2.25. The van der Waals surface area contributed by atoms with Crippen LogP contribution in [0.5, 0.6) is 0 Å². The molecule has 25 heavy (non-hydrogen) atoms. The highest BCUT2D eigenvalue weighted by Gasteiger charge is 2.30. The zero-order valence-corrected chi connectivity index (χ0v) is 16.2. The maximum absolute atomic E-state index is 12.8. The zero-order chi connectivity index (χ0) is 17.3. The van der Waals surface area contributed by atoms with E-state index in [0.717, 1.165) is 31.5 Å². The second-order valence-corrected chi connectivity index (χ2v) is 6.98. The predicted molar refractivity (Wildman–Crippen MR) is 103 cm³/mol. The van der Waals surface area contributed by atoms with Crippen molar-refractivity contribution in [1.29, 1.82) is 0 Å². The molecular formula is C17H21Cl3N4O. The summed E-state index contributed by atoms with van der Waals surface area (Å²) < 4.78 is 1.63. The van der Waals surface area contributed by atoms with Crippen molar-refractivity contribution >= 4 is 41.5 Å². The molecule has 3 rings (SSSR count). The van der Waals surface area contributed by atoms with Crippen LogP contribution in [0.25, 0.3) is 5.69 Å². The lowest BCUT2D eigenvalue weighted by atomic mass is 9.96. The summed E-state index contributed by atoms with van der Waals surface area (Å²) >= 11 is 12.0. The van der Waals surface area contributed by atoms with Gasteiger partial charge >= 0.3 is 0 Å². The van der Waals surface area contributed by atoms with Gasteiger partial charge in [0, 0.05) is 24.8 Å². The fraction of sp³-hybridized carbons (Fsp3) is 0.412. The van der Waals surface area contributed by atoms with E-state index < -0.39 is 0 Å². The van der Waals surface area contributed by atoms with Gasteiger partial charge in [-0.2, -0.15) is 5.10 Å². The standard InChI is InChI=1S/C17H20Cl2N4O.ClH/c1-11(20)16-4-2-3-8-22(16)17(24)15-7-9-23(21-15)12-5-6-13(18)14(19)10-12;/h5-7,9-11,16H,2-4,8,20H2,1H3;1H. The highest BCUT2D eigenvalue weighted by molar-refractivity contribution is 6.42. The van der Waals surface area contributed by atoms with Crippen LogP contribution in [-0.4, -0.2) is 39.2 Å². The van der Waals surface area contributed by atoms with Gasteiger partial charge in [0.15, 0.2) is 5.69 Å². The third kappa shape index (κ3) is 4.29. The van der Waals surface area contributed by atoms with Crippen molar-refractivity contribution in [3.63, 3.8) is 0 Å². The van der Waals surface area contributed by atoms with Gasteiger partial charge in [-0.25, -0.2) is 4.68 Å². The number of amides is 1. The van der Waals surface area contributed by atoms with Crippen molar-refractivity contribution in [2.75, 3.05) is 6.54 Å². The first-order valence-electron chi connectivity index (χ1n) is 8.05. The van der Waals surface area contributed by atoms with E-state index in [2.05, 4.69) is 5.10 Å². The zero-order valence-electron chi connectivity index (χ0n) is 13.9. The number of piperidine rings is 1. The molecule has 1 aliphatic heterocycles. The molecule has 1 aromatic heterocycles. The highest BCUT2D eigenvalue weighted by atomic mass is 35.5. The number of rotatable bonds is 3. The lowest BCUT2D eigenvalue weighted by Crippen LogP contribution is -2.51. The van der Waals surface area contributed by atoms with Crippen LogP contribution in [0.4, 0.5) is 0 Å². The Morgan fingerprint density at radius 2 is 2.04 bits per heavy atom. The van der Waals surface area contributed by atoms with Crippen molar-refractivity contribution in [2.24, 2.45) is 5.73 Å². The van der Waals surface area contributed by atoms with Crippen molar-refractivity contribution in [3.8, 4) is 5.69 Å². The fourth-order valence-corrected chi connectivity index (χ4v) is 3.40. The molecule has 2 aromatic rings. The Labute approximate surface area is 163 Å². The molecule has 0 saturated carbocycles. The molecule has 2 atom stereocenters. The Morgan fingerprint density at radius 3 is 2.72 bits per heavy atom. The number of nitrogens with zero attached hydrogens (tertiary/aromatic N) is 3. The van der Waals surface area contributed by atoms with E-state index in [1.807, 2.05) is 11.8 Å². The molecule has 1 amide bonds. The van der Waals surface area contributed by atoms with E-state index in [9.17, 15) is 4.79 Å². The molecule has 1 aromatic carbocycles. The number of aromatic nitrogens is 2. The van der Waals surface area contributed by atoms with E-state index in [-0.39, 0.29) is 30.4 Å². The molecule has 136 valence electrons. The maximum Gasteiger partial charge on any atom is 0.274 e. The third-order valence-electron chi connectivity index (χ3n) is 4.39. The molecule has 2 N–H and O–H groups in total. The summed E-state index contributed by atoms with van der Waals surface area (Å²) in [7, 11) is 0. The van der Waals surface area contributed by atoms with Crippen LogP contribution in [0.3, 0.4) is 0 Å². The minimum Gasteiger partial charge on any atom is -0.333 e. The first-order valence-corrected chi connectivity index (χ1v) is 8.80. The van der Waals surface area contributed by atoms with E-state index in [4.69, 9.17) is 28.9 Å². The van der Waals surface area contributed by atoms with Gasteiger partial charge in [0.05, 0.1) is 15.7 Å². The van der Waals surface area contributed by atoms with Gasteiger partial charge < -0.3 is 10.6 Å². The van der Waals surface area contributed by atoms with E-state index >= 15 is 0 Å². The minimum absolute atomic E-state index is 0. The van der Waals surface area contributed by atoms with E-state index in [1.165, 1.54) is 0 Å². The molecule has 0 bridgehead atoms. The van der Waals surface area contributed by atoms with Crippen molar-refractivity contribution in [1.82, 2.24) is 14.7 Å². The summed E-state index contributed by atoms with van der Waals surface area (Å²) in [6.45, 7) is 2.68. The SMILES string of the molecule is CC(N)C1CCCCN1C(=O)c1ccn(-c2ccc(Cl)c(Cl)c2)n1.Cl. The van der Waals surface area contributed by atoms with Gasteiger partial charge in [0.25, 0.3) is 5.91 Å². The van der Waals surface area contributed by atoms with Crippen molar-refractivity contribution < 1.29 is 4.79 Å². The minimum atomic E-state index is -0.0733. The smallest absolute Gasteiger partial charge is 0.274 e. The Hall–Kier alpha value is -1.27. The molecular weight excluding hydrogens is 383 g/mol. The van der Waals surface area contributed by atoms with Crippen molar-refractivity contribution in [2.45, 2.75) is 38.3 Å². The average molecular weight is 404 g/mol. The van der Waals surface area contributed by atoms with E-state index in [0.29, 0.717) is 15.7 Å². The number of carbonyl (C=O) groups is 1. The Balaban J connectivity index is 0.00000225. The number of carbonyl (C=O) groups excluding carboxylic acids is 1. The normalized spacial score (nSPS) is 18.6. The number of halogens is 3. The maximum atomic E-state index is 12.8. The monoisotopic (exact) mass is 402 g/mol. The molecule has 1 saturated heterocycles. The van der Waals surface area contributed by atoms with Crippen LogP contribution in [-0.2, 0) is 0 Å². The molecule has 1 aliphatic rings. The Bertz CT molecular complexity index is 747. The van der Waals surface area contributed by atoms with Gasteiger partial charge in [-0.05, 0) is 50.5 Å². The largest absolute Gasteiger partial charge is 0.333 e. The average Bonchev–Trinajstić information content (AvgIpc) is 3.06. The van der Waals surface area contributed by atoms with Crippen LogP contribution in [0, 0.1) is 0 Å². The summed E-state index contributed by atoms with van der Waals surface area (Å²) in [5.74, 6) is -0.0733. The Kier molecular flexibility index (Phi) is 6.74. The second-order valence-electron chi connectivity index (χ2n) is 6.16. The van der Waals surface area contributed by atoms with Crippen LogP contribution in [0.15, 0.2) is 30.5 Å². The van der Waals surface area contributed by atoms with Gasteiger partial charge in [0.1, 0.15) is 0 Å². The van der Waals surface area contributed by atoms with Crippen LogP contribution >= 0.6 is 35.6 Å². The molecule has 8 heteroatoms. The number of hydrogen-bond acceptors (Lipinski definition) is 3. The lowest BCUT2D eigenvalue weighted by Gasteiger charge is -2.37. The molecule has 2 heterocycles. The van der Waals surface area contributed by atoms with Crippen LogP contribution in [0.2, 0.25) is 10.0 Å². The fourth-order valence-electron chi connectivity index (χ4n) is 3.11. The number of likely N-dealkylation sites (tertiary alicyclic amines) is 1. The molecule has 2 unspecified atom stereocenters. The topological polar surface area (TPSA) is 64.2 Å². The first kappa shape index (κ1) is 20.0. The summed E-state index contributed by atoms with van der Waals surface area (Å²) in [4.78, 5) is 14.7. The van der Waals surface area contributed by atoms with Crippen molar-refractivity contribution in [3.05, 3.63) is 46.2 Å². The molecule has 0 spiro atoms. The third-order valence-corrected chi connectivity index (χ3v) is 5.13. The molecule has 5 nitrogen and oxygen atoms in total. The number of benzene rings is 1. The summed E-state index contributed by atoms with van der Waals surface area (Å²) in [5.41, 5.74) is 7.22. The summed E-state index contributed by atoms with van der Waals surface area (Å²) in [6.07, 6.45) is 4.80. The second kappa shape index (κ2) is 8.41. The van der Waals surface area contributed by atoms with E-state index in [1.54, 1.807) is 35.1 Å². The van der Waals surface area contributed by atoms with Crippen LogP contribution in [0.1, 0.15) is 36.7 Å². The summed E-state index contributed by atoms with van der Waals surface area (Å²) in [6, 6.07) is 6.97. The molecule has 0 aliphatic carbocycles. The van der Waals surface area contributed by atoms with Gasteiger partial charge in [0.2, 0.25) is 0 Å². The van der Waals surface area contributed by atoms with Gasteiger partial charge in [-0.15, -0.1) is 12.4 Å². The predicted octanol–water partition coefficient (Wildman–Crippen LogP) is 3.94. The van der Waals surface area contributed by atoms with Crippen LogP contribution < -0.4 is 5.73 Å². The number of hydrogen-bond donors (Lipinski definition) is 1. The summed E-state index contributed by atoms with van der Waals surface area (Å²) in [5, 5.41) is 5.34. The number of nitrogens with two attached hydrogens (primary N) is 1. The lowest BCUT2D eigenvalue weighted by molar-refractivity contribution is 0.0577. The van der Waals surface area contributed by atoms with Gasteiger partial charge in [-0.1, -0.05) is 23.2 Å². The Morgan fingerprint density at radius 1 is 1.28 bits per heavy atom. The molecule has 0 radical (unpaired) electrons. The first-order chi connectivity index (χ1) is 11.5. The van der Waals surface area contributed by atoms with Gasteiger partial charge in [-0.3, -0.25) is 4.79 Å².